The van der Waals surface area contributed by atoms with Crippen molar-refractivity contribution in [3.8, 4) is 33.4 Å². The van der Waals surface area contributed by atoms with Crippen LogP contribution in [-0.2, 0) is 0 Å². The number of hydrogen-bond acceptors (Lipinski definition) is 1. The number of furan rings is 1. The van der Waals surface area contributed by atoms with Crippen LogP contribution in [0, 0.1) is 0 Å². The third-order valence-corrected chi connectivity index (χ3v) is 10.8. The maximum atomic E-state index is 6.68. The lowest BCUT2D eigenvalue weighted by atomic mass is 9.82. The average Bonchev–Trinajstić information content (AvgIpc) is 3.60. The zero-order chi connectivity index (χ0) is 33.5. The molecule has 11 aromatic rings. The molecule has 0 amide bonds. The lowest BCUT2D eigenvalue weighted by Gasteiger charge is -2.21. The summed E-state index contributed by atoms with van der Waals surface area (Å²) in [5.41, 5.74) is 9.25. The van der Waals surface area contributed by atoms with E-state index in [-0.39, 0.29) is 0 Å². The van der Waals surface area contributed by atoms with Crippen LogP contribution in [0.25, 0.3) is 109 Å². The number of hydrogen-bond donors (Lipinski definition) is 0. The van der Waals surface area contributed by atoms with Crippen molar-refractivity contribution in [1.29, 1.82) is 0 Å². The molecule has 0 atom stereocenters. The topological polar surface area (TPSA) is 13.1 Å². The van der Waals surface area contributed by atoms with E-state index in [2.05, 4.69) is 182 Å². The van der Waals surface area contributed by atoms with Gasteiger partial charge in [-0.1, -0.05) is 164 Å². The number of fused-ring (bicyclic) bond motifs is 10. The molecule has 51 heavy (non-hydrogen) atoms. The van der Waals surface area contributed by atoms with Crippen molar-refractivity contribution < 1.29 is 4.42 Å². The summed E-state index contributed by atoms with van der Waals surface area (Å²) in [5, 5.41) is 14.6. The molecular weight excluding hydrogens is 617 g/mol. The summed E-state index contributed by atoms with van der Waals surface area (Å²) in [6.07, 6.45) is 0. The van der Waals surface area contributed by atoms with Gasteiger partial charge in [-0.3, -0.25) is 0 Å². The molecule has 1 heterocycles. The quantitative estimate of drug-likeness (QED) is 0.138. The van der Waals surface area contributed by atoms with Crippen LogP contribution in [0.15, 0.2) is 186 Å². The third-order valence-electron chi connectivity index (χ3n) is 10.8. The molecule has 1 heteroatoms. The molecule has 0 aliphatic rings. The second-order valence-electron chi connectivity index (χ2n) is 13.5. The Morgan fingerprint density at radius 3 is 1.51 bits per heavy atom. The van der Waals surface area contributed by atoms with Crippen molar-refractivity contribution in [3.05, 3.63) is 182 Å². The highest BCUT2D eigenvalue weighted by Gasteiger charge is 2.22. The molecule has 0 radical (unpaired) electrons. The van der Waals surface area contributed by atoms with E-state index in [0.717, 1.165) is 27.3 Å². The first-order chi connectivity index (χ1) is 25.3. The fourth-order valence-electron chi connectivity index (χ4n) is 8.69. The fraction of sp³-hybridized carbons (Fsp3) is 0. The summed E-state index contributed by atoms with van der Waals surface area (Å²) >= 11 is 0. The Morgan fingerprint density at radius 2 is 0.824 bits per heavy atom. The van der Waals surface area contributed by atoms with E-state index in [4.69, 9.17) is 4.42 Å². The van der Waals surface area contributed by atoms with Gasteiger partial charge in [0.15, 0.2) is 0 Å². The van der Waals surface area contributed by atoms with Gasteiger partial charge in [0, 0.05) is 16.2 Å². The third kappa shape index (κ3) is 4.09. The maximum absolute atomic E-state index is 6.68. The highest BCUT2D eigenvalue weighted by atomic mass is 16.3. The zero-order valence-electron chi connectivity index (χ0n) is 27.7. The van der Waals surface area contributed by atoms with E-state index in [1.807, 2.05) is 0 Å². The van der Waals surface area contributed by atoms with Gasteiger partial charge in [0.25, 0.3) is 0 Å². The molecular formula is C50H30O. The van der Waals surface area contributed by atoms with Crippen molar-refractivity contribution in [2.75, 3.05) is 0 Å². The monoisotopic (exact) mass is 646 g/mol. The van der Waals surface area contributed by atoms with Gasteiger partial charge in [-0.25, -0.2) is 0 Å². The van der Waals surface area contributed by atoms with Gasteiger partial charge < -0.3 is 4.42 Å². The van der Waals surface area contributed by atoms with Crippen molar-refractivity contribution >= 4 is 75.8 Å². The second-order valence-corrected chi connectivity index (χ2v) is 13.5. The molecule has 10 aromatic carbocycles. The van der Waals surface area contributed by atoms with Crippen LogP contribution in [0.3, 0.4) is 0 Å². The van der Waals surface area contributed by atoms with Gasteiger partial charge in [0.2, 0.25) is 0 Å². The molecule has 1 aromatic heterocycles. The SMILES string of the molecule is c1ccc(-c2cc3ccccc3c3cccc(-c4c5ccccc5c(-c5cccc6oc7c8ccccc8ccc7c56)c5ccccc45)c23)cc1. The summed E-state index contributed by atoms with van der Waals surface area (Å²) < 4.78 is 6.68. The molecule has 0 aliphatic carbocycles. The molecule has 236 valence electrons. The summed E-state index contributed by atoms with van der Waals surface area (Å²) in [7, 11) is 0. The summed E-state index contributed by atoms with van der Waals surface area (Å²) in [6, 6.07) is 66.3. The predicted molar refractivity (Wildman–Crippen MR) is 218 cm³/mol. The first kappa shape index (κ1) is 28.2. The Morgan fingerprint density at radius 1 is 0.294 bits per heavy atom. The van der Waals surface area contributed by atoms with Gasteiger partial charge in [-0.05, 0) is 100 Å². The molecule has 0 fully saturated rings. The minimum atomic E-state index is 0.907. The highest BCUT2D eigenvalue weighted by molar-refractivity contribution is 6.29. The Labute approximate surface area is 294 Å². The first-order valence-corrected chi connectivity index (χ1v) is 17.6. The molecule has 0 saturated heterocycles. The van der Waals surface area contributed by atoms with E-state index in [1.54, 1.807) is 0 Å². The second kappa shape index (κ2) is 10.9. The van der Waals surface area contributed by atoms with Crippen LogP contribution >= 0.6 is 0 Å². The highest BCUT2D eigenvalue weighted by Crippen LogP contribution is 2.50. The van der Waals surface area contributed by atoms with Gasteiger partial charge in [-0.15, -0.1) is 0 Å². The number of rotatable bonds is 3. The number of benzene rings is 10. The summed E-state index contributed by atoms with van der Waals surface area (Å²) in [5.74, 6) is 0. The zero-order valence-corrected chi connectivity index (χ0v) is 27.7. The normalized spacial score (nSPS) is 11.9. The minimum Gasteiger partial charge on any atom is -0.455 e. The molecule has 0 N–H and O–H groups in total. The van der Waals surface area contributed by atoms with Crippen LogP contribution < -0.4 is 0 Å². The predicted octanol–water partition coefficient (Wildman–Crippen LogP) is 14.4. The van der Waals surface area contributed by atoms with E-state index in [9.17, 15) is 0 Å². The van der Waals surface area contributed by atoms with Gasteiger partial charge in [0.1, 0.15) is 11.2 Å². The molecule has 11 rings (SSSR count). The van der Waals surface area contributed by atoms with E-state index >= 15 is 0 Å². The maximum Gasteiger partial charge on any atom is 0.143 e. The standard InChI is InChI=1S/C50H30O/c1-2-14-31(15-3-1)44-30-33-17-5-6-18-34(33)36-24-12-25-41(48(36)44)46-37-20-8-10-22-39(37)47(40-23-11-9-21-38(40)46)42-26-13-27-45-49(42)43-29-28-32-16-4-7-19-35(32)50(43)51-45/h1-30H. The molecule has 1 nitrogen and oxygen atoms in total. The Bertz CT molecular complexity index is 3130. The largest absolute Gasteiger partial charge is 0.455 e. The summed E-state index contributed by atoms with van der Waals surface area (Å²) in [6.45, 7) is 0. The van der Waals surface area contributed by atoms with Crippen LogP contribution in [0.4, 0.5) is 0 Å². The van der Waals surface area contributed by atoms with Gasteiger partial charge >= 0.3 is 0 Å². The van der Waals surface area contributed by atoms with Crippen LogP contribution in [0.5, 0.6) is 0 Å². The Hall–Kier alpha value is -6.70. The molecule has 0 aliphatic heterocycles. The van der Waals surface area contributed by atoms with Crippen molar-refractivity contribution in [1.82, 2.24) is 0 Å². The van der Waals surface area contributed by atoms with Crippen molar-refractivity contribution in [3.63, 3.8) is 0 Å². The molecule has 0 spiro atoms. The lowest BCUT2D eigenvalue weighted by molar-refractivity contribution is 0.673. The molecule has 0 bridgehead atoms. The van der Waals surface area contributed by atoms with E-state index in [0.29, 0.717) is 0 Å². The minimum absolute atomic E-state index is 0.907. The Balaban J connectivity index is 1.30. The van der Waals surface area contributed by atoms with Crippen LogP contribution in [0.1, 0.15) is 0 Å². The molecule has 0 unspecified atom stereocenters. The first-order valence-electron chi connectivity index (χ1n) is 17.6. The van der Waals surface area contributed by atoms with Crippen molar-refractivity contribution in [2.45, 2.75) is 0 Å². The van der Waals surface area contributed by atoms with Crippen LogP contribution in [-0.4, -0.2) is 0 Å². The summed E-state index contributed by atoms with van der Waals surface area (Å²) in [4.78, 5) is 0. The van der Waals surface area contributed by atoms with E-state index < -0.39 is 0 Å². The smallest absolute Gasteiger partial charge is 0.143 e. The fourth-order valence-corrected chi connectivity index (χ4v) is 8.69. The van der Waals surface area contributed by atoms with E-state index in [1.165, 1.54) is 81.9 Å². The van der Waals surface area contributed by atoms with Gasteiger partial charge in [0.05, 0.1) is 0 Å². The van der Waals surface area contributed by atoms with Crippen LogP contribution in [0.2, 0.25) is 0 Å². The van der Waals surface area contributed by atoms with Crippen molar-refractivity contribution in [2.24, 2.45) is 0 Å². The molecule has 0 saturated carbocycles. The Kier molecular flexibility index (Phi) is 6.02. The van der Waals surface area contributed by atoms with Gasteiger partial charge in [-0.2, -0.15) is 0 Å². The average molecular weight is 647 g/mol. The lowest BCUT2D eigenvalue weighted by Crippen LogP contribution is -1.93.